The minimum Gasteiger partial charge on any atom is -0.476 e. The summed E-state index contributed by atoms with van der Waals surface area (Å²) in [5.41, 5.74) is 0.994. The Morgan fingerprint density at radius 3 is 2.92 bits per heavy atom. The number of nitrogens with zero attached hydrogens (tertiary/aromatic N) is 5. The molecule has 0 amide bonds. The molecule has 1 aliphatic heterocycles. The van der Waals surface area contributed by atoms with Crippen molar-refractivity contribution in [1.82, 2.24) is 19.7 Å². The highest BCUT2D eigenvalue weighted by atomic mass is 32.1. The third-order valence-electron chi connectivity index (χ3n) is 4.20. The topological polar surface area (TPSA) is 84.1 Å². The van der Waals surface area contributed by atoms with Gasteiger partial charge in [0, 0.05) is 11.4 Å². The Labute approximate surface area is 142 Å². The molecule has 0 unspecified atom stereocenters. The van der Waals surface area contributed by atoms with Gasteiger partial charge < -0.3 is 10.0 Å². The third-order valence-corrected chi connectivity index (χ3v) is 5.37. The first-order chi connectivity index (χ1) is 11.5. The molecule has 0 saturated heterocycles. The molecule has 24 heavy (non-hydrogen) atoms. The van der Waals surface area contributed by atoms with Crippen LogP contribution in [0.4, 0.5) is 5.82 Å². The van der Waals surface area contributed by atoms with Crippen LogP contribution in [0.5, 0.6) is 0 Å². The van der Waals surface area contributed by atoms with Gasteiger partial charge in [-0.25, -0.2) is 14.8 Å². The van der Waals surface area contributed by atoms with Gasteiger partial charge in [-0.15, -0.1) is 11.3 Å². The van der Waals surface area contributed by atoms with Crippen molar-refractivity contribution in [2.24, 2.45) is 0 Å². The highest BCUT2D eigenvalue weighted by molar-refractivity contribution is 7.18. The van der Waals surface area contributed by atoms with Crippen molar-refractivity contribution >= 4 is 33.3 Å². The van der Waals surface area contributed by atoms with Crippen LogP contribution in [-0.4, -0.2) is 37.4 Å². The van der Waals surface area contributed by atoms with Crippen LogP contribution in [0.25, 0.3) is 10.2 Å². The van der Waals surface area contributed by atoms with Crippen LogP contribution in [0.3, 0.4) is 0 Å². The number of carbonyl (C=O) groups is 1. The minimum absolute atomic E-state index is 0.0969. The highest BCUT2D eigenvalue weighted by Crippen LogP contribution is 2.32. The van der Waals surface area contributed by atoms with Crippen LogP contribution in [-0.2, 0) is 19.5 Å². The maximum atomic E-state index is 11.1. The van der Waals surface area contributed by atoms with Crippen LogP contribution < -0.4 is 4.90 Å². The molecule has 0 aliphatic carbocycles. The van der Waals surface area contributed by atoms with Gasteiger partial charge in [0.05, 0.1) is 24.2 Å². The molecule has 0 fully saturated rings. The lowest BCUT2D eigenvalue weighted by Gasteiger charge is -2.29. The average molecular weight is 343 g/mol. The number of aromatic carboxylic acids is 1. The quantitative estimate of drug-likeness (QED) is 0.786. The van der Waals surface area contributed by atoms with Gasteiger partial charge in [0.15, 0.2) is 5.69 Å². The van der Waals surface area contributed by atoms with E-state index in [0.29, 0.717) is 13.1 Å². The molecule has 1 aliphatic rings. The smallest absolute Gasteiger partial charge is 0.356 e. The molecule has 3 aromatic heterocycles. The van der Waals surface area contributed by atoms with E-state index in [-0.39, 0.29) is 5.69 Å². The predicted octanol–water partition coefficient (Wildman–Crippen LogP) is 2.48. The zero-order chi connectivity index (χ0) is 16.8. The van der Waals surface area contributed by atoms with Crippen molar-refractivity contribution in [1.29, 1.82) is 0 Å². The second-order valence-electron chi connectivity index (χ2n) is 5.85. The van der Waals surface area contributed by atoms with Crippen molar-refractivity contribution in [2.45, 2.75) is 33.4 Å². The normalized spacial score (nSPS) is 14.2. The lowest BCUT2D eigenvalue weighted by Crippen LogP contribution is -2.34. The number of hydrogen-bond acceptors (Lipinski definition) is 6. The molecule has 3 aromatic rings. The van der Waals surface area contributed by atoms with Gasteiger partial charge in [0.25, 0.3) is 0 Å². The maximum absolute atomic E-state index is 11.1. The summed E-state index contributed by atoms with van der Waals surface area (Å²) in [6.07, 6.45) is 0.980. The van der Waals surface area contributed by atoms with Gasteiger partial charge in [0.1, 0.15) is 16.5 Å². The van der Waals surface area contributed by atoms with E-state index in [0.717, 1.165) is 40.5 Å². The predicted molar refractivity (Wildman–Crippen MR) is 91.8 cm³/mol. The van der Waals surface area contributed by atoms with Crippen molar-refractivity contribution in [3.05, 3.63) is 34.2 Å². The van der Waals surface area contributed by atoms with E-state index in [1.54, 1.807) is 22.1 Å². The average Bonchev–Trinajstić information content (AvgIpc) is 3.16. The largest absolute Gasteiger partial charge is 0.476 e. The van der Waals surface area contributed by atoms with Gasteiger partial charge in [-0.3, -0.25) is 4.68 Å². The van der Waals surface area contributed by atoms with Gasteiger partial charge >= 0.3 is 5.97 Å². The molecule has 4 rings (SSSR count). The number of anilines is 1. The number of aryl methyl sites for hydroxylation is 2. The summed E-state index contributed by atoms with van der Waals surface area (Å²) in [6.45, 7) is 6.04. The Bertz CT molecular complexity index is 945. The van der Waals surface area contributed by atoms with Gasteiger partial charge in [-0.2, -0.15) is 5.10 Å². The fourth-order valence-electron chi connectivity index (χ4n) is 3.03. The van der Waals surface area contributed by atoms with Gasteiger partial charge in [-0.05, 0) is 25.5 Å². The minimum atomic E-state index is -0.992. The van der Waals surface area contributed by atoms with E-state index in [4.69, 9.17) is 5.11 Å². The fraction of sp³-hybridized carbons (Fsp3) is 0.375. The van der Waals surface area contributed by atoms with Crippen molar-refractivity contribution in [3.63, 3.8) is 0 Å². The van der Waals surface area contributed by atoms with Crippen LogP contribution in [0, 0.1) is 6.92 Å². The maximum Gasteiger partial charge on any atom is 0.356 e. The summed E-state index contributed by atoms with van der Waals surface area (Å²) in [4.78, 5) is 24.8. The first-order valence-electron chi connectivity index (χ1n) is 7.87. The number of fused-ring (bicyclic) bond motifs is 2. The molecule has 0 radical (unpaired) electrons. The Balaban J connectivity index is 1.75. The van der Waals surface area contributed by atoms with Crippen molar-refractivity contribution in [3.8, 4) is 0 Å². The second-order valence-corrected chi connectivity index (χ2v) is 6.97. The molecule has 8 heteroatoms. The summed E-state index contributed by atoms with van der Waals surface area (Å²) in [5.74, 6) is 0.694. The monoisotopic (exact) mass is 343 g/mol. The molecule has 0 aromatic carbocycles. The number of aromatic nitrogens is 4. The molecule has 7 nitrogen and oxygen atoms in total. The molecular weight excluding hydrogens is 326 g/mol. The molecular formula is C16H17N5O2S. The number of thiophene rings is 1. The summed E-state index contributed by atoms with van der Waals surface area (Å²) >= 11 is 1.71. The van der Waals surface area contributed by atoms with E-state index < -0.39 is 5.97 Å². The third kappa shape index (κ3) is 2.43. The summed E-state index contributed by atoms with van der Waals surface area (Å²) in [5, 5.41) is 14.3. The summed E-state index contributed by atoms with van der Waals surface area (Å²) < 4.78 is 1.77. The standard InChI is InChI=1S/C16H17N5O2S/c1-3-11-7-12-14(17-9(2)18-15(12)24-11)20-4-5-21-10(8-20)6-13(19-21)16(22)23/h6-7H,3-5,8H2,1-2H3,(H,22,23). The number of carboxylic acid groups (broad SMARTS) is 1. The van der Waals surface area contributed by atoms with Crippen molar-refractivity contribution < 1.29 is 9.90 Å². The Morgan fingerprint density at radius 2 is 2.17 bits per heavy atom. The molecule has 124 valence electrons. The fourth-order valence-corrected chi connectivity index (χ4v) is 4.03. The highest BCUT2D eigenvalue weighted by Gasteiger charge is 2.23. The summed E-state index contributed by atoms with van der Waals surface area (Å²) in [7, 11) is 0. The first-order valence-corrected chi connectivity index (χ1v) is 8.69. The van der Waals surface area contributed by atoms with Crippen molar-refractivity contribution in [2.75, 3.05) is 11.4 Å². The van der Waals surface area contributed by atoms with Crippen LogP contribution >= 0.6 is 11.3 Å². The van der Waals surface area contributed by atoms with Crippen LogP contribution in [0.2, 0.25) is 0 Å². The van der Waals surface area contributed by atoms with E-state index in [1.807, 2.05) is 6.92 Å². The lowest BCUT2D eigenvalue weighted by molar-refractivity contribution is 0.0689. The van der Waals surface area contributed by atoms with Crippen LogP contribution in [0.1, 0.15) is 33.8 Å². The van der Waals surface area contributed by atoms with E-state index in [9.17, 15) is 4.79 Å². The molecule has 1 N–H and O–H groups in total. The zero-order valence-electron chi connectivity index (χ0n) is 13.5. The Hall–Kier alpha value is -2.48. The lowest BCUT2D eigenvalue weighted by atomic mass is 10.2. The first kappa shape index (κ1) is 15.1. The van der Waals surface area contributed by atoms with Gasteiger partial charge in [0.2, 0.25) is 0 Å². The SMILES string of the molecule is CCc1cc2c(N3CCn4nc(C(=O)O)cc4C3)nc(C)nc2s1. The number of rotatable bonds is 3. The molecule has 0 spiro atoms. The molecule has 0 atom stereocenters. The van der Waals surface area contributed by atoms with E-state index >= 15 is 0 Å². The Morgan fingerprint density at radius 1 is 1.33 bits per heavy atom. The number of hydrogen-bond donors (Lipinski definition) is 1. The van der Waals surface area contributed by atoms with E-state index in [2.05, 4.69) is 33.0 Å². The number of carboxylic acids is 1. The summed E-state index contributed by atoms with van der Waals surface area (Å²) in [6, 6.07) is 3.81. The molecule has 0 bridgehead atoms. The zero-order valence-corrected chi connectivity index (χ0v) is 14.3. The van der Waals surface area contributed by atoms with E-state index in [1.165, 1.54) is 4.88 Å². The van der Waals surface area contributed by atoms with Crippen LogP contribution in [0.15, 0.2) is 12.1 Å². The second kappa shape index (κ2) is 5.55. The molecule has 4 heterocycles. The van der Waals surface area contributed by atoms with Gasteiger partial charge in [-0.1, -0.05) is 6.92 Å². The Kier molecular flexibility index (Phi) is 3.49. The molecule has 0 saturated carbocycles.